The Bertz CT molecular complexity index is 433. The zero-order valence-corrected chi connectivity index (χ0v) is 11.4. The van der Waals surface area contributed by atoms with Crippen LogP contribution in [0.1, 0.15) is 22.8 Å². The molecular weight excluding hydrogens is 284 g/mol. The van der Waals surface area contributed by atoms with Crippen LogP contribution >= 0.6 is 15.9 Å². The zero-order valence-electron chi connectivity index (χ0n) is 9.84. The van der Waals surface area contributed by atoms with Crippen LogP contribution in [0.3, 0.4) is 0 Å². The Morgan fingerprint density at radius 3 is 2.65 bits per heavy atom. The van der Waals surface area contributed by atoms with E-state index >= 15 is 0 Å². The molecule has 0 saturated carbocycles. The van der Waals surface area contributed by atoms with Crippen molar-refractivity contribution in [3.63, 3.8) is 0 Å². The number of hydrogen-bond donors (Lipinski definition) is 2. The molecule has 0 unspecified atom stereocenters. The molecule has 0 aromatic heterocycles. The van der Waals surface area contributed by atoms with Gasteiger partial charge in [-0.3, -0.25) is 9.59 Å². The molecule has 92 valence electrons. The standard InChI is InChI=1S/C12H15BrN2O2/c1-3-14-11(16)7-15-12(17)9-6-8(2)4-5-10(9)13/h4-6H,3,7H2,1-2H3,(H,14,16)(H,15,17). The molecule has 0 aliphatic carbocycles. The molecule has 0 atom stereocenters. The zero-order chi connectivity index (χ0) is 12.8. The van der Waals surface area contributed by atoms with Crippen LogP contribution in [0.4, 0.5) is 0 Å². The Morgan fingerprint density at radius 2 is 2.00 bits per heavy atom. The largest absolute Gasteiger partial charge is 0.355 e. The van der Waals surface area contributed by atoms with Crippen molar-refractivity contribution in [2.24, 2.45) is 0 Å². The Kier molecular flexibility index (Phi) is 5.15. The number of rotatable bonds is 4. The monoisotopic (exact) mass is 298 g/mol. The van der Waals surface area contributed by atoms with Gasteiger partial charge in [0.1, 0.15) is 0 Å². The number of halogens is 1. The summed E-state index contributed by atoms with van der Waals surface area (Å²) in [6.07, 6.45) is 0. The van der Waals surface area contributed by atoms with Gasteiger partial charge in [-0.1, -0.05) is 11.6 Å². The van der Waals surface area contributed by atoms with Gasteiger partial charge in [0.2, 0.25) is 5.91 Å². The molecule has 4 nitrogen and oxygen atoms in total. The summed E-state index contributed by atoms with van der Waals surface area (Å²) < 4.78 is 0.719. The van der Waals surface area contributed by atoms with Crippen molar-refractivity contribution < 1.29 is 9.59 Å². The summed E-state index contributed by atoms with van der Waals surface area (Å²) in [5.74, 6) is -0.448. The molecule has 0 saturated heterocycles. The number of aryl methyl sites for hydroxylation is 1. The molecule has 1 aromatic rings. The van der Waals surface area contributed by atoms with Gasteiger partial charge in [-0.05, 0) is 41.9 Å². The van der Waals surface area contributed by atoms with E-state index in [2.05, 4.69) is 26.6 Å². The Labute approximate surface area is 109 Å². The average molecular weight is 299 g/mol. The van der Waals surface area contributed by atoms with Crippen LogP contribution in [0.2, 0.25) is 0 Å². The van der Waals surface area contributed by atoms with E-state index in [4.69, 9.17) is 0 Å². The number of hydrogen-bond acceptors (Lipinski definition) is 2. The molecule has 0 bridgehead atoms. The van der Waals surface area contributed by atoms with E-state index in [1.807, 2.05) is 26.0 Å². The van der Waals surface area contributed by atoms with Gasteiger partial charge in [0.05, 0.1) is 12.1 Å². The highest BCUT2D eigenvalue weighted by atomic mass is 79.9. The maximum atomic E-state index is 11.8. The molecule has 0 spiro atoms. The SMILES string of the molecule is CCNC(=O)CNC(=O)c1cc(C)ccc1Br. The van der Waals surface area contributed by atoms with Gasteiger partial charge in [-0.15, -0.1) is 0 Å². The van der Waals surface area contributed by atoms with Crippen LogP contribution in [0.15, 0.2) is 22.7 Å². The third-order valence-corrected chi connectivity index (χ3v) is 2.84. The Morgan fingerprint density at radius 1 is 1.29 bits per heavy atom. The highest BCUT2D eigenvalue weighted by Gasteiger charge is 2.10. The fourth-order valence-electron chi connectivity index (χ4n) is 1.33. The minimum Gasteiger partial charge on any atom is -0.355 e. The van der Waals surface area contributed by atoms with Crippen LogP contribution in [-0.4, -0.2) is 24.9 Å². The minimum atomic E-state index is -0.258. The molecule has 17 heavy (non-hydrogen) atoms. The van der Waals surface area contributed by atoms with Gasteiger partial charge < -0.3 is 10.6 Å². The highest BCUT2D eigenvalue weighted by molar-refractivity contribution is 9.10. The van der Waals surface area contributed by atoms with E-state index in [1.54, 1.807) is 6.07 Å². The van der Waals surface area contributed by atoms with Crippen LogP contribution in [0, 0.1) is 6.92 Å². The average Bonchev–Trinajstić information content (AvgIpc) is 2.29. The number of benzene rings is 1. The second kappa shape index (κ2) is 6.39. The van der Waals surface area contributed by atoms with Crippen molar-refractivity contribution in [2.75, 3.05) is 13.1 Å². The normalized spacial score (nSPS) is 9.82. The molecule has 0 aliphatic heterocycles. The molecular formula is C12H15BrN2O2. The first-order valence-corrected chi connectivity index (χ1v) is 6.15. The van der Waals surface area contributed by atoms with Gasteiger partial charge in [-0.2, -0.15) is 0 Å². The maximum absolute atomic E-state index is 11.8. The smallest absolute Gasteiger partial charge is 0.252 e. The molecule has 0 radical (unpaired) electrons. The first kappa shape index (κ1) is 13.7. The second-order valence-electron chi connectivity index (χ2n) is 3.62. The van der Waals surface area contributed by atoms with Crippen LogP contribution in [-0.2, 0) is 4.79 Å². The lowest BCUT2D eigenvalue weighted by molar-refractivity contribution is -0.120. The van der Waals surface area contributed by atoms with Gasteiger partial charge in [-0.25, -0.2) is 0 Å². The summed E-state index contributed by atoms with van der Waals surface area (Å²) >= 11 is 3.31. The number of carbonyl (C=O) groups excluding carboxylic acids is 2. The maximum Gasteiger partial charge on any atom is 0.252 e. The number of carbonyl (C=O) groups is 2. The summed E-state index contributed by atoms with van der Waals surface area (Å²) in [5.41, 5.74) is 1.53. The van der Waals surface area contributed by atoms with E-state index in [1.165, 1.54) is 0 Å². The fourth-order valence-corrected chi connectivity index (χ4v) is 1.76. The van der Waals surface area contributed by atoms with E-state index < -0.39 is 0 Å². The van der Waals surface area contributed by atoms with Crippen LogP contribution in [0.5, 0.6) is 0 Å². The van der Waals surface area contributed by atoms with Crippen molar-refractivity contribution in [3.05, 3.63) is 33.8 Å². The highest BCUT2D eigenvalue weighted by Crippen LogP contribution is 2.17. The third kappa shape index (κ3) is 4.19. The summed E-state index contributed by atoms with van der Waals surface area (Å²) in [5, 5.41) is 5.18. The molecule has 2 N–H and O–H groups in total. The predicted octanol–water partition coefficient (Wildman–Crippen LogP) is 1.62. The minimum absolute atomic E-state index is 0.00689. The van der Waals surface area contributed by atoms with Crippen molar-refractivity contribution in [2.45, 2.75) is 13.8 Å². The van der Waals surface area contributed by atoms with Crippen LogP contribution in [0.25, 0.3) is 0 Å². The Hall–Kier alpha value is -1.36. The summed E-state index contributed by atoms with van der Waals surface area (Å²) in [7, 11) is 0. The van der Waals surface area contributed by atoms with Gasteiger partial charge in [0.25, 0.3) is 5.91 Å². The molecule has 1 aromatic carbocycles. The van der Waals surface area contributed by atoms with Gasteiger partial charge in [0, 0.05) is 11.0 Å². The number of likely N-dealkylation sites (N-methyl/N-ethyl adjacent to an activating group) is 1. The topological polar surface area (TPSA) is 58.2 Å². The lowest BCUT2D eigenvalue weighted by atomic mass is 10.1. The molecule has 5 heteroatoms. The first-order chi connectivity index (χ1) is 8.04. The second-order valence-corrected chi connectivity index (χ2v) is 4.47. The van der Waals surface area contributed by atoms with E-state index in [0.717, 1.165) is 10.0 Å². The molecule has 2 amide bonds. The Balaban J connectivity index is 2.64. The van der Waals surface area contributed by atoms with Crippen LogP contribution < -0.4 is 10.6 Å². The molecule has 0 aliphatic rings. The summed E-state index contributed by atoms with van der Waals surface area (Å²) in [4.78, 5) is 23.0. The van der Waals surface area contributed by atoms with E-state index in [9.17, 15) is 9.59 Å². The van der Waals surface area contributed by atoms with E-state index in [-0.39, 0.29) is 18.4 Å². The molecule has 0 fully saturated rings. The first-order valence-electron chi connectivity index (χ1n) is 5.35. The lowest BCUT2D eigenvalue weighted by Gasteiger charge is -2.07. The van der Waals surface area contributed by atoms with E-state index in [0.29, 0.717) is 12.1 Å². The molecule has 0 heterocycles. The summed E-state index contributed by atoms with van der Waals surface area (Å²) in [6, 6.07) is 5.50. The van der Waals surface area contributed by atoms with Crippen molar-refractivity contribution >= 4 is 27.7 Å². The van der Waals surface area contributed by atoms with Gasteiger partial charge in [0.15, 0.2) is 0 Å². The number of amides is 2. The van der Waals surface area contributed by atoms with Crippen molar-refractivity contribution in [1.82, 2.24) is 10.6 Å². The number of nitrogens with one attached hydrogen (secondary N) is 2. The van der Waals surface area contributed by atoms with Crippen molar-refractivity contribution in [1.29, 1.82) is 0 Å². The third-order valence-electron chi connectivity index (χ3n) is 2.15. The van der Waals surface area contributed by atoms with Gasteiger partial charge >= 0.3 is 0 Å². The lowest BCUT2D eigenvalue weighted by Crippen LogP contribution is -2.36. The predicted molar refractivity (Wildman–Crippen MR) is 69.9 cm³/mol. The molecule has 1 rings (SSSR count). The fraction of sp³-hybridized carbons (Fsp3) is 0.333. The quantitative estimate of drug-likeness (QED) is 0.887. The summed E-state index contributed by atoms with van der Waals surface area (Å²) in [6.45, 7) is 4.29. The van der Waals surface area contributed by atoms with Crippen molar-refractivity contribution in [3.8, 4) is 0 Å².